The third kappa shape index (κ3) is 3.23. The van der Waals surface area contributed by atoms with E-state index in [4.69, 9.17) is 11.6 Å². The molecule has 1 saturated carbocycles. The van der Waals surface area contributed by atoms with Crippen LogP contribution in [0.15, 0.2) is 42.5 Å². The lowest BCUT2D eigenvalue weighted by atomic mass is 10.0. The van der Waals surface area contributed by atoms with Crippen LogP contribution in [0.3, 0.4) is 0 Å². The maximum Gasteiger partial charge on any atom is 0.0487 e. The molecule has 1 aliphatic rings. The van der Waals surface area contributed by atoms with E-state index in [1.807, 2.05) is 0 Å². The Balaban J connectivity index is 1.81. The fraction of sp³-hybridized carbons (Fsp3) is 0.333. The molecule has 2 aromatic carbocycles. The van der Waals surface area contributed by atoms with E-state index in [0.717, 1.165) is 29.6 Å². The van der Waals surface area contributed by atoms with Gasteiger partial charge in [0.2, 0.25) is 0 Å². The van der Waals surface area contributed by atoms with Gasteiger partial charge in [0.15, 0.2) is 0 Å². The summed E-state index contributed by atoms with van der Waals surface area (Å²) in [7, 11) is 0. The van der Waals surface area contributed by atoms with Crippen molar-refractivity contribution in [2.45, 2.75) is 38.8 Å². The predicted octanol–water partition coefficient (Wildman–Crippen LogP) is 4.82. The summed E-state index contributed by atoms with van der Waals surface area (Å²) in [6.07, 6.45) is 3.68. The molecule has 1 nitrogen and oxygen atoms in total. The summed E-state index contributed by atoms with van der Waals surface area (Å²) < 4.78 is 0. The average Bonchev–Trinajstić information content (AvgIpc) is 3.29. The van der Waals surface area contributed by atoms with Gasteiger partial charge in [-0.15, -0.1) is 0 Å². The second-order valence-electron chi connectivity index (χ2n) is 5.52. The van der Waals surface area contributed by atoms with Crippen molar-refractivity contribution in [3.05, 3.63) is 58.6 Å². The van der Waals surface area contributed by atoms with Crippen LogP contribution in [0.5, 0.6) is 0 Å². The number of aryl methyl sites for hydroxylation is 1. The summed E-state index contributed by atoms with van der Waals surface area (Å²) in [5.74, 6) is 0. The molecule has 2 heteroatoms. The van der Waals surface area contributed by atoms with Gasteiger partial charge < -0.3 is 5.32 Å². The molecule has 2 aromatic rings. The van der Waals surface area contributed by atoms with Crippen LogP contribution in [0.1, 0.15) is 30.9 Å². The van der Waals surface area contributed by atoms with Crippen LogP contribution in [0.25, 0.3) is 11.1 Å². The first-order valence-corrected chi connectivity index (χ1v) is 7.75. The molecule has 0 amide bonds. The van der Waals surface area contributed by atoms with Crippen molar-refractivity contribution in [3.63, 3.8) is 0 Å². The molecule has 1 N–H and O–H groups in total. The van der Waals surface area contributed by atoms with Gasteiger partial charge in [-0.2, -0.15) is 0 Å². The topological polar surface area (TPSA) is 12.0 Å². The van der Waals surface area contributed by atoms with Crippen molar-refractivity contribution < 1.29 is 0 Å². The van der Waals surface area contributed by atoms with Gasteiger partial charge in [-0.05, 0) is 42.0 Å². The first-order chi connectivity index (χ1) is 9.76. The molecule has 0 heterocycles. The van der Waals surface area contributed by atoms with Crippen LogP contribution in [0.2, 0.25) is 5.02 Å². The molecule has 0 aliphatic heterocycles. The Labute approximate surface area is 126 Å². The Morgan fingerprint density at radius 3 is 2.65 bits per heavy atom. The van der Waals surface area contributed by atoms with Gasteiger partial charge in [0.25, 0.3) is 0 Å². The van der Waals surface area contributed by atoms with Gasteiger partial charge in [-0.25, -0.2) is 0 Å². The number of nitrogens with one attached hydrogen (secondary N) is 1. The molecule has 104 valence electrons. The Morgan fingerprint density at radius 1 is 1.10 bits per heavy atom. The first-order valence-electron chi connectivity index (χ1n) is 7.37. The Hall–Kier alpha value is -1.31. The van der Waals surface area contributed by atoms with Crippen molar-refractivity contribution in [1.82, 2.24) is 5.32 Å². The van der Waals surface area contributed by atoms with Crippen molar-refractivity contribution in [1.29, 1.82) is 0 Å². The maximum absolute atomic E-state index is 6.46. The highest BCUT2D eigenvalue weighted by Gasteiger charge is 2.20. The molecule has 20 heavy (non-hydrogen) atoms. The van der Waals surface area contributed by atoms with Crippen LogP contribution < -0.4 is 5.32 Å². The van der Waals surface area contributed by atoms with Crippen LogP contribution in [-0.2, 0) is 13.0 Å². The molecule has 0 radical (unpaired) electrons. The molecular weight excluding hydrogens is 266 g/mol. The van der Waals surface area contributed by atoms with Gasteiger partial charge in [0.1, 0.15) is 0 Å². The summed E-state index contributed by atoms with van der Waals surface area (Å²) in [6.45, 7) is 3.09. The number of hydrogen-bond donors (Lipinski definition) is 1. The summed E-state index contributed by atoms with van der Waals surface area (Å²) >= 11 is 6.46. The number of hydrogen-bond acceptors (Lipinski definition) is 1. The van der Waals surface area contributed by atoms with E-state index in [-0.39, 0.29) is 0 Å². The van der Waals surface area contributed by atoms with Gasteiger partial charge in [-0.1, -0.05) is 54.9 Å². The Bertz CT molecular complexity index is 602. The SMILES string of the molecule is CCc1cccc(-c2ccc(CNC3CC3)cc2Cl)c1. The smallest absolute Gasteiger partial charge is 0.0487 e. The fourth-order valence-corrected chi connectivity index (χ4v) is 2.72. The quantitative estimate of drug-likeness (QED) is 0.830. The highest BCUT2D eigenvalue weighted by Crippen LogP contribution is 2.30. The minimum Gasteiger partial charge on any atom is -0.310 e. The zero-order valence-corrected chi connectivity index (χ0v) is 12.6. The molecule has 0 atom stereocenters. The van der Waals surface area contributed by atoms with Crippen molar-refractivity contribution in [2.75, 3.05) is 0 Å². The second kappa shape index (κ2) is 5.99. The molecule has 0 aromatic heterocycles. The fourth-order valence-electron chi connectivity index (χ4n) is 2.41. The van der Waals surface area contributed by atoms with E-state index in [1.54, 1.807) is 0 Å². The molecule has 1 fully saturated rings. The van der Waals surface area contributed by atoms with Crippen LogP contribution in [0, 0.1) is 0 Å². The average molecular weight is 286 g/mol. The summed E-state index contributed by atoms with van der Waals surface area (Å²) in [4.78, 5) is 0. The third-order valence-electron chi connectivity index (χ3n) is 3.85. The number of halogens is 1. The minimum atomic E-state index is 0.731. The second-order valence-corrected chi connectivity index (χ2v) is 5.93. The normalized spacial score (nSPS) is 14.5. The summed E-state index contributed by atoms with van der Waals surface area (Å²) in [5.41, 5.74) is 4.93. The van der Waals surface area contributed by atoms with E-state index >= 15 is 0 Å². The molecule has 1 aliphatic carbocycles. The lowest BCUT2D eigenvalue weighted by molar-refractivity contribution is 0.688. The Morgan fingerprint density at radius 2 is 1.95 bits per heavy atom. The van der Waals surface area contributed by atoms with Gasteiger partial charge in [0, 0.05) is 23.2 Å². The Kier molecular flexibility index (Phi) is 4.09. The van der Waals surface area contributed by atoms with Crippen molar-refractivity contribution in [2.24, 2.45) is 0 Å². The molecular formula is C18H20ClN. The van der Waals surface area contributed by atoms with Gasteiger partial charge >= 0.3 is 0 Å². The van der Waals surface area contributed by atoms with E-state index in [2.05, 4.69) is 54.7 Å². The monoisotopic (exact) mass is 285 g/mol. The van der Waals surface area contributed by atoms with E-state index in [0.29, 0.717) is 0 Å². The largest absolute Gasteiger partial charge is 0.310 e. The summed E-state index contributed by atoms with van der Waals surface area (Å²) in [5, 5.41) is 4.36. The van der Waals surface area contributed by atoms with Crippen molar-refractivity contribution >= 4 is 11.6 Å². The molecule has 3 rings (SSSR count). The first kappa shape index (κ1) is 13.7. The third-order valence-corrected chi connectivity index (χ3v) is 4.16. The minimum absolute atomic E-state index is 0.731. The molecule has 0 unspecified atom stereocenters. The van der Waals surface area contributed by atoms with Gasteiger partial charge in [0.05, 0.1) is 0 Å². The maximum atomic E-state index is 6.46. The standard InChI is InChI=1S/C18H20ClN/c1-2-13-4-3-5-15(10-13)17-9-6-14(11-18(17)19)12-20-16-7-8-16/h3-6,9-11,16,20H,2,7-8,12H2,1H3. The van der Waals surface area contributed by atoms with E-state index in [9.17, 15) is 0 Å². The van der Waals surface area contributed by atoms with Crippen LogP contribution >= 0.6 is 11.6 Å². The molecule has 0 spiro atoms. The molecule has 0 bridgehead atoms. The predicted molar refractivity (Wildman–Crippen MR) is 86.1 cm³/mol. The number of rotatable bonds is 5. The number of benzene rings is 2. The van der Waals surface area contributed by atoms with E-state index in [1.165, 1.54) is 29.5 Å². The molecule has 0 saturated heterocycles. The van der Waals surface area contributed by atoms with Gasteiger partial charge in [-0.3, -0.25) is 0 Å². The van der Waals surface area contributed by atoms with Crippen LogP contribution in [-0.4, -0.2) is 6.04 Å². The lowest BCUT2D eigenvalue weighted by Crippen LogP contribution is -2.15. The lowest BCUT2D eigenvalue weighted by Gasteiger charge is -2.09. The van der Waals surface area contributed by atoms with Crippen molar-refractivity contribution in [3.8, 4) is 11.1 Å². The van der Waals surface area contributed by atoms with E-state index < -0.39 is 0 Å². The summed E-state index contributed by atoms with van der Waals surface area (Å²) in [6, 6.07) is 15.8. The van der Waals surface area contributed by atoms with Crippen LogP contribution in [0.4, 0.5) is 0 Å². The zero-order valence-electron chi connectivity index (χ0n) is 11.8. The highest BCUT2D eigenvalue weighted by atomic mass is 35.5. The zero-order chi connectivity index (χ0) is 13.9. The highest BCUT2D eigenvalue weighted by molar-refractivity contribution is 6.33.